The van der Waals surface area contributed by atoms with E-state index in [1.807, 2.05) is 24.3 Å². The fourth-order valence-corrected chi connectivity index (χ4v) is 4.99. The van der Waals surface area contributed by atoms with E-state index in [-0.39, 0.29) is 38.2 Å². The molecule has 1 fully saturated rings. The van der Waals surface area contributed by atoms with Gasteiger partial charge in [0.15, 0.2) is 0 Å². The van der Waals surface area contributed by atoms with Gasteiger partial charge in [-0.05, 0) is 36.1 Å². The van der Waals surface area contributed by atoms with Gasteiger partial charge in [-0.15, -0.1) is 0 Å². The Labute approximate surface area is 205 Å². The number of nitrogens with zero attached hydrogens (tertiary/aromatic N) is 1. The molecule has 2 aromatic rings. The van der Waals surface area contributed by atoms with Gasteiger partial charge in [0.25, 0.3) is 0 Å². The molecular formula is C27H32N2O6. The second-order valence-electron chi connectivity index (χ2n) is 9.54. The molecular weight excluding hydrogens is 448 g/mol. The summed E-state index contributed by atoms with van der Waals surface area (Å²) in [6.07, 6.45) is -0.608. The van der Waals surface area contributed by atoms with Crippen LogP contribution in [0.4, 0.5) is 4.79 Å². The van der Waals surface area contributed by atoms with E-state index in [9.17, 15) is 19.5 Å². The molecule has 2 aliphatic rings. The van der Waals surface area contributed by atoms with Gasteiger partial charge in [0, 0.05) is 19.0 Å². The van der Waals surface area contributed by atoms with Gasteiger partial charge in [0.2, 0.25) is 5.91 Å². The Bertz CT molecular complexity index is 1070. The van der Waals surface area contributed by atoms with Gasteiger partial charge < -0.3 is 24.8 Å². The minimum atomic E-state index is -1.01. The first-order chi connectivity index (χ1) is 16.8. The minimum absolute atomic E-state index is 0.0610. The van der Waals surface area contributed by atoms with Crippen molar-refractivity contribution in [3.05, 3.63) is 59.7 Å². The molecule has 0 radical (unpaired) electrons. The third kappa shape index (κ3) is 4.75. The molecule has 2 amide bonds. The zero-order chi connectivity index (χ0) is 25.2. The number of carboxylic acid groups (broad SMARTS) is 1. The van der Waals surface area contributed by atoms with Crippen molar-refractivity contribution in [1.82, 2.24) is 10.2 Å². The van der Waals surface area contributed by atoms with Crippen LogP contribution in [0, 0.1) is 11.3 Å². The first-order valence-electron chi connectivity index (χ1n) is 12.0. The van der Waals surface area contributed by atoms with Crippen molar-refractivity contribution in [1.29, 1.82) is 0 Å². The molecule has 2 aromatic carbocycles. The number of hydrogen-bond acceptors (Lipinski definition) is 5. The van der Waals surface area contributed by atoms with Gasteiger partial charge in [-0.3, -0.25) is 9.59 Å². The summed E-state index contributed by atoms with van der Waals surface area (Å²) in [6, 6.07) is 15.6. The van der Waals surface area contributed by atoms with E-state index in [1.54, 1.807) is 20.8 Å². The number of carboxylic acids is 1. The highest BCUT2D eigenvalue weighted by Gasteiger charge is 2.49. The largest absolute Gasteiger partial charge is 0.481 e. The van der Waals surface area contributed by atoms with Crippen molar-refractivity contribution in [3.8, 4) is 11.1 Å². The monoisotopic (exact) mass is 480 g/mol. The average Bonchev–Trinajstić information content (AvgIpc) is 3.38. The minimum Gasteiger partial charge on any atom is -0.481 e. The van der Waals surface area contributed by atoms with Gasteiger partial charge in [-0.2, -0.15) is 0 Å². The molecule has 0 aromatic heterocycles. The SMILES string of the molecule is CCN(CC(C)C(=O)O)C(=O)C1(C)COCC1NC(=O)OCC1c2ccccc2-c2ccccc21. The predicted octanol–water partition coefficient (Wildman–Crippen LogP) is 3.50. The number of alkyl carbamates (subject to hydrolysis) is 1. The van der Waals surface area contributed by atoms with Crippen molar-refractivity contribution >= 4 is 18.0 Å². The average molecular weight is 481 g/mol. The van der Waals surface area contributed by atoms with Crippen LogP contribution in [-0.2, 0) is 19.1 Å². The number of benzene rings is 2. The zero-order valence-electron chi connectivity index (χ0n) is 20.3. The Kier molecular flexibility index (Phi) is 7.12. The molecule has 1 heterocycles. The normalized spacial score (nSPS) is 21.6. The first-order valence-corrected chi connectivity index (χ1v) is 12.0. The molecule has 1 aliphatic carbocycles. The fraction of sp³-hybridized carbons (Fsp3) is 0.444. The number of carbonyl (C=O) groups excluding carboxylic acids is 2. The lowest BCUT2D eigenvalue weighted by Gasteiger charge is -2.34. The van der Waals surface area contributed by atoms with E-state index in [1.165, 1.54) is 4.90 Å². The second-order valence-corrected chi connectivity index (χ2v) is 9.54. The van der Waals surface area contributed by atoms with Crippen molar-refractivity contribution < 1.29 is 29.0 Å². The Morgan fingerprint density at radius 2 is 1.74 bits per heavy atom. The number of ether oxygens (including phenoxy) is 2. The molecule has 3 unspecified atom stereocenters. The molecule has 2 N–H and O–H groups in total. The van der Waals surface area contributed by atoms with Crippen molar-refractivity contribution in [2.75, 3.05) is 32.9 Å². The molecule has 4 rings (SSSR count). The number of hydrogen-bond donors (Lipinski definition) is 2. The van der Waals surface area contributed by atoms with Crippen LogP contribution in [0.3, 0.4) is 0 Å². The van der Waals surface area contributed by atoms with Gasteiger partial charge in [-0.25, -0.2) is 4.79 Å². The molecule has 1 aliphatic heterocycles. The molecule has 3 atom stereocenters. The summed E-state index contributed by atoms with van der Waals surface area (Å²) < 4.78 is 11.2. The summed E-state index contributed by atoms with van der Waals surface area (Å²) in [6.45, 7) is 6.07. The van der Waals surface area contributed by atoms with Crippen LogP contribution in [0.5, 0.6) is 0 Å². The molecule has 8 nitrogen and oxygen atoms in total. The lowest BCUT2D eigenvalue weighted by Crippen LogP contribution is -2.55. The number of amides is 2. The summed E-state index contributed by atoms with van der Waals surface area (Å²) in [5.41, 5.74) is 3.53. The highest BCUT2D eigenvalue weighted by atomic mass is 16.5. The quantitative estimate of drug-likeness (QED) is 0.599. The summed E-state index contributed by atoms with van der Waals surface area (Å²) in [4.78, 5) is 39.0. The van der Waals surface area contributed by atoms with Crippen molar-refractivity contribution in [2.45, 2.75) is 32.7 Å². The van der Waals surface area contributed by atoms with Crippen LogP contribution in [-0.4, -0.2) is 66.9 Å². The summed E-state index contributed by atoms with van der Waals surface area (Å²) >= 11 is 0. The molecule has 8 heteroatoms. The maximum Gasteiger partial charge on any atom is 0.407 e. The highest BCUT2D eigenvalue weighted by molar-refractivity contribution is 5.85. The Balaban J connectivity index is 1.42. The smallest absolute Gasteiger partial charge is 0.407 e. The van der Waals surface area contributed by atoms with Crippen LogP contribution < -0.4 is 5.32 Å². The van der Waals surface area contributed by atoms with Crippen LogP contribution in [0.25, 0.3) is 11.1 Å². The molecule has 35 heavy (non-hydrogen) atoms. The van der Waals surface area contributed by atoms with Gasteiger partial charge in [-0.1, -0.05) is 55.5 Å². The lowest BCUT2D eigenvalue weighted by molar-refractivity contribution is -0.146. The van der Waals surface area contributed by atoms with Gasteiger partial charge >= 0.3 is 12.1 Å². The van der Waals surface area contributed by atoms with E-state index in [0.717, 1.165) is 22.3 Å². The maximum atomic E-state index is 13.4. The third-order valence-electron chi connectivity index (χ3n) is 7.16. The number of carbonyl (C=O) groups is 3. The van der Waals surface area contributed by atoms with Crippen molar-refractivity contribution in [3.63, 3.8) is 0 Å². The molecule has 0 saturated carbocycles. The van der Waals surface area contributed by atoms with Gasteiger partial charge in [0.05, 0.1) is 30.6 Å². The number of aliphatic carboxylic acids is 1. The summed E-state index contributed by atoms with van der Waals surface area (Å²) in [5.74, 6) is -1.96. The molecule has 0 bridgehead atoms. The Morgan fingerprint density at radius 1 is 1.14 bits per heavy atom. The molecule has 0 spiro atoms. The first kappa shape index (κ1) is 24.7. The van der Waals surface area contributed by atoms with Crippen LogP contribution in [0.15, 0.2) is 48.5 Å². The number of nitrogens with one attached hydrogen (secondary N) is 1. The highest BCUT2D eigenvalue weighted by Crippen LogP contribution is 2.44. The van der Waals surface area contributed by atoms with Crippen LogP contribution in [0.2, 0.25) is 0 Å². The summed E-state index contributed by atoms with van der Waals surface area (Å²) in [5, 5.41) is 12.1. The van der Waals surface area contributed by atoms with E-state index in [0.29, 0.717) is 6.54 Å². The molecule has 186 valence electrons. The zero-order valence-corrected chi connectivity index (χ0v) is 20.3. The van der Waals surface area contributed by atoms with E-state index < -0.39 is 29.4 Å². The Morgan fingerprint density at radius 3 is 2.31 bits per heavy atom. The maximum absolute atomic E-state index is 13.4. The summed E-state index contributed by atoms with van der Waals surface area (Å²) in [7, 11) is 0. The third-order valence-corrected chi connectivity index (χ3v) is 7.16. The van der Waals surface area contributed by atoms with Crippen molar-refractivity contribution in [2.24, 2.45) is 11.3 Å². The number of fused-ring (bicyclic) bond motifs is 3. The van der Waals surface area contributed by atoms with E-state index in [2.05, 4.69) is 29.6 Å². The van der Waals surface area contributed by atoms with E-state index >= 15 is 0 Å². The van der Waals surface area contributed by atoms with E-state index in [4.69, 9.17) is 9.47 Å². The van der Waals surface area contributed by atoms with Gasteiger partial charge in [0.1, 0.15) is 6.61 Å². The molecule has 1 saturated heterocycles. The lowest BCUT2D eigenvalue weighted by atomic mass is 9.83. The second kappa shape index (κ2) is 10.1. The number of rotatable bonds is 8. The fourth-order valence-electron chi connectivity index (χ4n) is 4.99. The van der Waals surface area contributed by atoms with Crippen LogP contribution in [0.1, 0.15) is 37.8 Å². The standard InChI is InChI=1S/C27H32N2O6/c1-4-29(13-17(2)24(30)31)25(32)27(3)16-34-15-23(27)28-26(33)35-14-22-20-11-7-5-9-18(20)19-10-6-8-12-21(19)22/h5-12,17,22-23H,4,13-16H2,1-3H3,(H,28,33)(H,30,31). The predicted molar refractivity (Wildman–Crippen MR) is 130 cm³/mol. The topological polar surface area (TPSA) is 105 Å². The Hall–Kier alpha value is -3.39. The van der Waals surface area contributed by atoms with Crippen LogP contribution >= 0.6 is 0 Å².